The molecule has 7 heteroatoms. The Balaban J connectivity index is 1.59. The molecule has 3 fully saturated rings. The molecular formula is C21H31O6P. The van der Waals surface area contributed by atoms with Crippen molar-refractivity contribution in [2.75, 3.05) is 6.61 Å². The molecule has 0 unspecified atom stereocenters. The van der Waals surface area contributed by atoms with Gasteiger partial charge in [0.05, 0.1) is 14.8 Å². The van der Waals surface area contributed by atoms with Gasteiger partial charge in [-0.05, 0) is 27.7 Å². The van der Waals surface area contributed by atoms with Crippen LogP contribution in [0.5, 0.6) is 0 Å². The molecule has 0 N–H and O–H groups in total. The first-order chi connectivity index (χ1) is 13.2. The van der Waals surface area contributed by atoms with Gasteiger partial charge in [0.2, 0.25) is 0 Å². The number of rotatable bonds is 5. The molecule has 3 saturated heterocycles. The van der Waals surface area contributed by atoms with Gasteiger partial charge in [-0.15, -0.1) is 0 Å². The fraction of sp³-hybridized carbons (Fsp3) is 0.714. The Kier molecular flexibility index (Phi) is 5.60. The maximum Gasteiger partial charge on any atom is 0.190 e. The topological polar surface area (TPSA) is 55.4 Å². The summed E-state index contributed by atoms with van der Waals surface area (Å²) in [6, 6.07) is 10.4. The highest BCUT2D eigenvalue weighted by Gasteiger charge is 2.59. The van der Waals surface area contributed by atoms with Crippen molar-refractivity contribution in [2.45, 2.75) is 89.5 Å². The molecule has 0 radical (unpaired) electrons. The van der Waals surface area contributed by atoms with E-state index in [0.717, 1.165) is 0 Å². The van der Waals surface area contributed by atoms with E-state index in [0.29, 0.717) is 12.3 Å². The molecule has 0 bridgehead atoms. The zero-order valence-corrected chi connectivity index (χ0v) is 18.3. The predicted molar refractivity (Wildman–Crippen MR) is 107 cm³/mol. The minimum absolute atomic E-state index is 0.222. The molecule has 3 aliphatic rings. The quantitative estimate of drug-likeness (QED) is 0.693. The van der Waals surface area contributed by atoms with E-state index >= 15 is 0 Å². The summed E-state index contributed by atoms with van der Waals surface area (Å²) in [5.41, 5.74) is 0.351. The molecule has 6 atom stereocenters. The van der Waals surface area contributed by atoms with Gasteiger partial charge in [-0.1, -0.05) is 44.2 Å². The van der Waals surface area contributed by atoms with Crippen molar-refractivity contribution in [1.29, 1.82) is 0 Å². The van der Waals surface area contributed by atoms with Crippen LogP contribution >= 0.6 is 8.15 Å². The van der Waals surface area contributed by atoms with E-state index in [9.17, 15) is 0 Å². The van der Waals surface area contributed by atoms with Crippen LogP contribution in [0.25, 0.3) is 0 Å². The van der Waals surface area contributed by atoms with Crippen LogP contribution in [0.15, 0.2) is 30.3 Å². The Morgan fingerprint density at radius 1 is 0.964 bits per heavy atom. The van der Waals surface area contributed by atoms with E-state index in [1.165, 1.54) is 5.30 Å². The standard InChI is InChI=1S/C21H31O6P/c1-13(2)28(14-10-8-7-9-11-14)27-17-16(15-12-22-20(3,4)24-15)23-19-18(17)25-21(5,6)26-19/h7-11,13,15-19H,12H2,1-6H3/t15-,16+,17-,18+,19+,28-/m0/s1. The summed E-state index contributed by atoms with van der Waals surface area (Å²) in [4.78, 5) is 0. The van der Waals surface area contributed by atoms with Gasteiger partial charge in [-0.25, -0.2) is 0 Å². The third-order valence-electron chi connectivity index (χ3n) is 5.14. The van der Waals surface area contributed by atoms with E-state index in [1.54, 1.807) is 0 Å². The molecule has 28 heavy (non-hydrogen) atoms. The molecular weight excluding hydrogens is 379 g/mol. The molecule has 3 heterocycles. The van der Waals surface area contributed by atoms with Gasteiger partial charge < -0.3 is 28.2 Å². The Labute approximate surface area is 168 Å². The van der Waals surface area contributed by atoms with Crippen molar-refractivity contribution in [1.82, 2.24) is 0 Å². The van der Waals surface area contributed by atoms with Crippen LogP contribution in [0, 0.1) is 0 Å². The number of hydrogen-bond acceptors (Lipinski definition) is 6. The van der Waals surface area contributed by atoms with Gasteiger partial charge in [0.1, 0.15) is 24.4 Å². The van der Waals surface area contributed by atoms with Crippen LogP contribution in [0.2, 0.25) is 0 Å². The first kappa shape index (κ1) is 20.7. The summed E-state index contributed by atoms with van der Waals surface area (Å²) < 4.78 is 37.1. The second-order valence-electron chi connectivity index (χ2n) is 8.76. The SMILES string of the molecule is CC(C)[P@](O[C@@H]1[C@H]2OC(C)(C)O[C@H]2O[C@@H]1[C@@H]1COC(C)(C)O1)c1ccccc1. The largest absolute Gasteiger partial charge is 0.348 e. The van der Waals surface area contributed by atoms with Crippen molar-refractivity contribution in [3.05, 3.63) is 30.3 Å². The smallest absolute Gasteiger partial charge is 0.190 e. The van der Waals surface area contributed by atoms with E-state index in [1.807, 2.05) is 33.8 Å². The lowest BCUT2D eigenvalue weighted by atomic mass is 10.1. The van der Waals surface area contributed by atoms with Crippen molar-refractivity contribution in [2.24, 2.45) is 0 Å². The first-order valence-electron chi connectivity index (χ1n) is 9.99. The molecule has 1 aromatic rings. The molecule has 0 spiro atoms. The van der Waals surface area contributed by atoms with E-state index < -0.39 is 26.0 Å². The first-order valence-corrected chi connectivity index (χ1v) is 11.3. The summed E-state index contributed by atoms with van der Waals surface area (Å²) in [5, 5.41) is 1.21. The van der Waals surface area contributed by atoms with Gasteiger partial charge in [-0.3, -0.25) is 0 Å². The lowest BCUT2D eigenvalue weighted by Crippen LogP contribution is -2.44. The fourth-order valence-corrected chi connectivity index (χ4v) is 5.92. The Hall–Kier alpha value is -0.590. The molecule has 0 aromatic heterocycles. The Bertz CT molecular complexity index is 679. The molecule has 6 nitrogen and oxygen atoms in total. The predicted octanol–water partition coefficient (Wildman–Crippen LogP) is 3.53. The number of hydrogen-bond donors (Lipinski definition) is 0. The third kappa shape index (κ3) is 4.15. The minimum atomic E-state index is -0.857. The van der Waals surface area contributed by atoms with Gasteiger partial charge in [0, 0.05) is 11.0 Å². The second-order valence-corrected chi connectivity index (χ2v) is 11.2. The Morgan fingerprint density at radius 3 is 2.29 bits per heavy atom. The Morgan fingerprint density at radius 2 is 1.68 bits per heavy atom. The van der Waals surface area contributed by atoms with Crippen LogP contribution in [0.4, 0.5) is 0 Å². The van der Waals surface area contributed by atoms with Crippen molar-refractivity contribution in [3.8, 4) is 0 Å². The highest BCUT2D eigenvalue weighted by Crippen LogP contribution is 2.49. The lowest BCUT2D eigenvalue weighted by Gasteiger charge is -2.32. The maximum atomic E-state index is 6.76. The van der Waals surface area contributed by atoms with Gasteiger partial charge in [0.15, 0.2) is 17.9 Å². The van der Waals surface area contributed by atoms with Crippen LogP contribution in [-0.4, -0.2) is 54.5 Å². The monoisotopic (exact) mass is 410 g/mol. The normalized spacial score (nSPS) is 37.3. The van der Waals surface area contributed by atoms with Crippen molar-refractivity contribution >= 4 is 13.5 Å². The van der Waals surface area contributed by atoms with E-state index in [4.69, 9.17) is 28.2 Å². The van der Waals surface area contributed by atoms with Gasteiger partial charge in [0.25, 0.3) is 0 Å². The van der Waals surface area contributed by atoms with Gasteiger partial charge >= 0.3 is 0 Å². The van der Waals surface area contributed by atoms with Crippen molar-refractivity contribution < 1.29 is 28.2 Å². The average molecular weight is 410 g/mol. The molecule has 4 rings (SSSR count). The summed E-state index contributed by atoms with van der Waals surface area (Å²) in [6.45, 7) is 12.5. The summed E-state index contributed by atoms with van der Waals surface area (Å²) in [5.74, 6) is -1.32. The third-order valence-corrected chi connectivity index (χ3v) is 7.35. The molecule has 3 aliphatic heterocycles. The molecule has 0 aliphatic carbocycles. The highest BCUT2D eigenvalue weighted by molar-refractivity contribution is 7.61. The van der Waals surface area contributed by atoms with Crippen molar-refractivity contribution in [3.63, 3.8) is 0 Å². The fourth-order valence-electron chi connectivity index (χ4n) is 3.99. The maximum absolute atomic E-state index is 6.76. The van der Waals surface area contributed by atoms with Crippen LogP contribution in [-0.2, 0) is 28.2 Å². The lowest BCUT2D eigenvalue weighted by molar-refractivity contribution is -0.230. The summed E-state index contributed by atoms with van der Waals surface area (Å²) in [7, 11) is -0.857. The van der Waals surface area contributed by atoms with Crippen LogP contribution in [0.1, 0.15) is 41.5 Å². The zero-order valence-electron chi connectivity index (χ0n) is 17.5. The van der Waals surface area contributed by atoms with Gasteiger partial charge in [-0.2, -0.15) is 0 Å². The van der Waals surface area contributed by atoms with E-state index in [2.05, 4.69) is 38.1 Å². The summed E-state index contributed by atoms with van der Waals surface area (Å²) in [6.07, 6.45) is -1.57. The zero-order chi connectivity index (χ0) is 20.1. The molecule has 156 valence electrons. The number of ether oxygens (including phenoxy) is 5. The van der Waals surface area contributed by atoms with E-state index in [-0.39, 0.29) is 24.4 Å². The van der Waals surface area contributed by atoms with Crippen LogP contribution in [0.3, 0.4) is 0 Å². The number of fused-ring (bicyclic) bond motifs is 1. The molecule has 0 saturated carbocycles. The molecule has 1 aromatic carbocycles. The minimum Gasteiger partial charge on any atom is -0.348 e. The van der Waals surface area contributed by atoms with Crippen LogP contribution < -0.4 is 5.30 Å². The number of benzene rings is 1. The average Bonchev–Trinajstić information content (AvgIpc) is 3.22. The summed E-state index contributed by atoms with van der Waals surface area (Å²) >= 11 is 0. The molecule has 0 amide bonds. The second kappa shape index (κ2) is 7.59. The highest BCUT2D eigenvalue weighted by atomic mass is 31.1.